The predicted octanol–water partition coefficient (Wildman–Crippen LogP) is 2.10. The Balaban J connectivity index is 0.00000256. The lowest BCUT2D eigenvalue weighted by Crippen LogP contribution is -2.51. The van der Waals surface area contributed by atoms with E-state index >= 15 is 0 Å². The molecule has 3 aliphatic heterocycles. The lowest BCUT2D eigenvalue weighted by molar-refractivity contribution is -0.128. The normalized spacial score (nSPS) is 24.2. The van der Waals surface area contributed by atoms with Crippen molar-refractivity contribution in [2.24, 2.45) is 10.4 Å². The van der Waals surface area contributed by atoms with E-state index in [9.17, 15) is 9.59 Å². The third kappa shape index (κ3) is 5.25. The molecule has 1 aromatic rings. The molecule has 1 spiro atoms. The summed E-state index contributed by atoms with van der Waals surface area (Å²) >= 11 is 0. The van der Waals surface area contributed by atoms with E-state index < -0.39 is 0 Å². The molecule has 0 aliphatic carbocycles. The summed E-state index contributed by atoms with van der Waals surface area (Å²) < 4.78 is 0. The molecule has 2 amide bonds. The fourth-order valence-electron chi connectivity index (χ4n) is 4.80. The van der Waals surface area contributed by atoms with Gasteiger partial charge in [0.1, 0.15) is 0 Å². The van der Waals surface area contributed by atoms with Crippen LogP contribution in [0.4, 0.5) is 0 Å². The maximum absolute atomic E-state index is 11.8. The molecule has 4 rings (SSSR count). The molecule has 1 unspecified atom stereocenters. The number of nitrogens with one attached hydrogen (secondary N) is 2. The quantitative estimate of drug-likeness (QED) is 0.359. The molecule has 0 saturated carbocycles. The molecule has 1 atom stereocenters. The molecule has 3 fully saturated rings. The molecule has 2 N–H and O–H groups in total. The van der Waals surface area contributed by atoms with Gasteiger partial charge in [-0.25, -0.2) is 0 Å². The predicted molar refractivity (Wildman–Crippen MR) is 128 cm³/mol. The van der Waals surface area contributed by atoms with E-state index in [1.54, 1.807) is 0 Å². The van der Waals surface area contributed by atoms with Crippen LogP contribution < -0.4 is 10.6 Å². The molecule has 1 aromatic carbocycles. The zero-order valence-corrected chi connectivity index (χ0v) is 20.0. The number of carbonyl (C=O) groups excluding carboxylic acids is 2. The van der Waals surface area contributed by atoms with Crippen molar-refractivity contribution in [3.05, 3.63) is 35.4 Å². The molecule has 164 valence electrons. The second-order valence-electron chi connectivity index (χ2n) is 8.61. The van der Waals surface area contributed by atoms with Crippen molar-refractivity contribution in [1.82, 2.24) is 20.4 Å². The topological polar surface area (TPSA) is 77.0 Å². The van der Waals surface area contributed by atoms with Gasteiger partial charge in [0, 0.05) is 64.6 Å². The number of hydrogen-bond acceptors (Lipinski definition) is 3. The Morgan fingerprint density at radius 2 is 1.93 bits per heavy atom. The van der Waals surface area contributed by atoms with Crippen LogP contribution in [-0.2, 0) is 22.7 Å². The highest BCUT2D eigenvalue weighted by Crippen LogP contribution is 2.36. The second-order valence-corrected chi connectivity index (χ2v) is 8.61. The van der Waals surface area contributed by atoms with Crippen molar-refractivity contribution < 1.29 is 9.59 Å². The van der Waals surface area contributed by atoms with Crippen LogP contribution in [0.5, 0.6) is 0 Å². The van der Waals surface area contributed by atoms with E-state index in [2.05, 4.69) is 44.8 Å². The van der Waals surface area contributed by atoms with Crippen LogP contribution in [0, 0.1) is 5.41 Å². The molecule has 3 heterocycles. The van der Waals surface area contributed by atoms with Crippen LogP contribution in [0.1, 0.15) is 43.2 Å². The van der Waals surface area contributed by atoms with E-state index in [4.69, 9.17) is 0 Å². The molecule has 0 aromatic heterocycles. The number of nitrogens with zero attached hydrogens (tertiary/aromatic N) is 3. The van der Waals surface area contributed by atoms with Crippen LogP contribution in [0.3, 0.4) is 0 Å². The standard InChI is InChI=1S/C22H31N5O2.HI/c1-23-21(27-11-3-9-22(16-27)12-19(28)25-15-22)24-13-17-5-7-18(8-6-17)14-26-10-2-4-20(26)29;/h5-8H,2-4,9-16H2,1H3,(H,23,24)(H,25,28);1H. The minimum Gasteiger partial charge on any atom is -0.355 e. The number of benzene rings is 1. The average molecular weight is 525 g/mol. The van der Waals surface area contributed by atoms with E-state index in [-0.39, 0.29) is 41.2 Å². The number of piperidine rings is 1. The van der Waals surface area contributed by atoms with Gasteiger partial charge in [-0.1, -0.05) is 24.3 Å². The highest BCUT2D eigenvalue weighted by molar-refractivity contribution is 14.0. The number of hydrogen-bond donors (Lipinski definition) is 2. The van der Waals surface area contributed by atoms with Gasteiger partial charge < -0.3 is 20.4 Å². The molecule has 3 aliphatic rings. The fourth-order valence-corrected chi connectivity index (χ4v) is 4.80. The maximum atomic E-state index is 11.8. The summed E-state index contributed by atoms with van der Waals surface area (Å²) in [4.78, 5) is 32.2. The molecule has 0 radical (unpaired) electrons. The Hall–Kier alpha value is -1.84. The summed E-state index contributed by atoms with van der Waals surface area (Å²) in [7, 11) is 1.82. The number of aliphatic imine (C=N–C) groups is 1. The highest BCUT2D eigenvalue weighted by Gasteiger charge is 2.42. The van der Waals surface area contributed by atoms with Gasteiger partial charge >= 0.3 is 0 Å². The van der Waals surface area contributed by atoms with Crippen molar-refractivity contribution in [3.63, 3.8) is 0 Å². The van der Waals surface area contributed by atoms with Crippen LogP contribution in [0.2, 0.25) is 0 Å². The SMILES string of the molecule is CN=C(NCc1ccc(CN2CCCC2=O)cc1)N1CCCC2(CNC(=O)C2)C1.I. The number of carbonyl (C=O) groups is 2. The zero-order chi connectivity index (χ0) is 20.3. The Bertz CT molecular complexity index is 797. The molecule has 7 nitrogen and oxygen atoms in total. The summed E-state index contributed by atoms with van der Waals surface area (Å²) in [5, 5.41) is 6.48. The molecular weight excluding hydrogens is 493 g/mol. The van der Waals surface area contributed by atoms with Crippen molar-refractivity contribution in [3.8, 4) is 0 Å². The average Bonchev–Trinajstić information content (AvgIpc) is 3.29. The van der Waals surface area contributed by atoms with Crippen molar-refractivity contribution >= 4 is 41.8 Å². The molecule has 0 bridgehead atoms. The molecule has 30 heavy (non-hydrogen) atoms. The van der Waals surface area contributed by atoms with Gasteiger partial charge in [-0.3, -0.25) is 14.6 Å². The van der Waals surface area contributed by atoms with Crippen molar-refractivity contribution in [2.45, 2.75) is 45.2 Å². The number of halogens is 1. The minimum atomic E-state index is 0. The van der Waals surface area contributed by atoms with Crippen LogP contribution >= 0.6 is 24.0 Å². The van der Waals surface area contributed by atoms with Gasteiger partial charge in [0.2, 0.25) is 11.8 Å². The molecule has 8 heteroatoms. The van der Waals surface area contributed by atoms with Crippen LogP contribution in [-0.4, -0.2) is 60.8 Å². The monoisotopic (exact) mass is 525 g/mol. The third-order valence-electron chi connectivity index (χ3n) is 6.39. The first kappa shape index (κ1) is 22.8. The molecular formula is C22H32IN5O2. The summed E-state index contributed by atoms with van der Waals surface area (Å²) in [5.74, 6) is 1.33. The largest absolute Gasteiger partial charge is 0.355 e. The van der Waals surface area contributed by atoms with Crippen LogP contribution in [0.25, 0.3) is 0 Å². The van der Waals surface area contributed by atoms with E-state index in [1.165, 1.54) is 11.1 Å². The Morgan fingerprint density at radius 3 is 2.57 bits per heavy atom. The minimum absolute atomic E-state index is 0. The molecule has 3 saturated heterocycles. The fraction of sp³-hybridized carbons (Fsp3) is 0.591. The van der Waals surface area contributed by atoms with Gasteiger partial charge in [0.15, 0.2) is 5.96 Å². The highest BCUT2D eigenvalue weighted by atomic mass is 127. The van der Waals surface area contributed by atoms with E-state index in [0.717, 1.165) is 51.4 Å². The Morgan fingerprint density at radius 1 is 1.17 bits per heavy atom. The van der Waals surface area contributed by atoms with Gasteiger partial charge in [-0.15, -0.1) is 24.0 Å². The number of likely N-dealkylation sites (tertiary alicyclic amines) is 2. The van der Waals surface area contributed by atoms with E-state index in [0.29, 0.717) is 25.9 Å². The number of amides is 2. The van der Waals surface area contributed by atoms with Crippen molar-refractivity contribution in [1.29, 1.82) is 0 Å². The summed E-state index contributed by atoms with van der Waals surface area (Å²) in [5.41, 5.74) is 2.42. The summed E-state index contributed by atoms with van der Waals surface area (Å²) in [6, 6.07) is 8.45. The lowest BCUT2D eigenvalue weighted by atomic mass is 9.79. The first-order valence-corrected chi connectivity index (χ1v) is 10.6. The maximum Gasteiger partial charge on any atom is 0.222 e. The number of guanidine groups is 1. The third-order valence-corrected chi connectivity index (χ3v) is 6.39. The second kappa shape index (κ2) is 9.98. The summed E-state index contributed by atoms with van der Waals surface area (Å²) in [6.07, 6.45) is 4.46. The zero-order valence-electron chi connectivity index (χ0n) is 17.7. The van der Waals surface area contributed by atoms with Crippen molar-refractivity contribution in [2.75, 3.05) is 33.2 Å². The smallest absolute Gasteiger partial charge is 0.222 e. The van der Waals surface area contributed by atoms with Crippen LogP contribution in [0.15, 0.2) is 29.3 Å². The van der Waals surface area contributed by atoms with E-state index in [1.807, 2.05) is 11.9 Å². The lowest BCUT2D eigenvalue weighted by Gasteiger charge is -2.40. The van der Waals surface area contributed by atoms with Gasteiger partial charge in [0.05, 0.1) is 0 Å². The van der Waals surface area contributed by atoms with Gasteiger partial charge in [-0.05, 0) is 30.4 Å². The first-order valence-electron chi connectivity index (χ1n) is 10.6. The Labute approximate surface area is 195 Å². The van der Waals surface area contributed by atoms with Gasteiger partial charge in [0.25, 0.3) is 0 Å². The first-order chi connectivity index (χ1) is 14.1. The summed E-state index contributed by atoms with van der Waals surface area (Å²) in [6.45, 7) is 4.90. The number of rotatable bonds is 4. The van der Waals surface area contributed by atoms with Gasteiger partial charge in [-0.2, -0.15) is 0 Å². The Kier molecular flexibility index (Phi) is 7.60.